The molecule has 40 heavy (non-hydrogen) atoms. The summed E-state index contributed by atoms with van der Waals surface area (Å²) >= 11 is 1.31. The first-order chi connectivity index (χ1) is 19.2. The van der Waals surface area contributed by atoms with E-state index in [-0.39, 0.29) is 22.5 Å². The first-order valence-corrected chi connectivity index (χ1v) is 15.3. The van der Waals surface area contributed by atoms with Crippen LogP contribution in [0.5, 0.6) is 5.75 Å². The summed E-state index contributed by atoms with van der Waals surface area (Å²) < 4.78 is 42.2. The number of benzene rings is 2. The lowest BCUT2D eigenvalue weighted by Gasteiger charge is -2.10. The molecule has 1 fully saturated rings. The van der Waals surface area contributed by atoms with Gasteiger partial charge in [-0.25, -0.2) is 13.4 Å². The van der Waals surface area contributed by atoms with Gasteiger partial charge in [0, 0.05) is 32.2 Å². The van der Waals surface area contributed by atoms with Crippen LogP contribution in [0.25, 0.3) is 10.2 Å². The molecule has 1 saturated heterocycles. The molecule has 0 bridgehead atoms. The van der Waals surface area contributed by atoms with Crippen LogP contribution in [0.3, 0.4) is 0 Å². The van der Waals surface area contributed by atoms with E-state index in [1.807, 2.05) is 37.2 Å². The number of hydrogen-bond acceptors (Lipinski definition) is 11. The maximum atomic E-state index is 13.4. The average molecular weight is 591 g/mol. The molecule has 11 nitrogen and oxygen atoms in total. The molecule has 4 rings (SSSR count). The van der Waals surface area contributed by atoms with Crippen LogP contribution in [0.15, 0.2) is 52.5 Å². The first kappa shape index (κ1) is 29.9. The third-order valence-corrected chi connectivity index (χ3v) is 8.78. The lowest BCUT2D eigenvalue weighted by molar-refractivity contribution is -0.110. The standard InChI is InChI=1S/C27H34N4O7S2/c1-31(2)12-15-37-20-7-10-23-24(17-20)39-27(28-23)29-26(32)25(30-38-21-11-14-36-18-21)19-5-8-22(9-6-19)40(33,34)16-4-13-35-3/h5-10,17,21H,4,11-16,18H2,1-3H3,(H,28,29,32)/b30-25+/t21-/m1/s1. The molecule has 0 saturated carbocycles. The van der Waals surface area contributed by atoms with E-state index < -0.39 is 15.7 Å². The summed E-state index contributed by atoms with van der Waals surface area (Å²) in [5, 5.41) is 7.35. The second-order valence-electron chi connectivity index (χ2n) is 9.47. The number of nitrogens with one attached hydrogen (secondary N) is 1. The molecule has 0 unspecified atom stereocenters. The van der Waals surface area contributed by atoms with Crippen LogP contribution in [-0.2, 0) is 28.9 Å². The Kier molecular flexibility index (Phi) is 10.5. The number of carbonyl (C=O) groups excluding carboxylic acids is 1. The van der Waals surface area contributed by atoms with Gasteiger partial charge in [-0.05, 0) is 50.8 Å². The van der Waals surface area contributed by atoms with Gasteiger partial charge in [0.1, 0.15) is 12.4 Å². The van der Waals surface area contributed by atoms with Crippen molar-refractivity contribution in [2.75, 3.05) is 65.2 Å². The Labute approximate surface area is 238 Å². The highest BCUT2D eigenvalue weighted by Crippen LogP contribution is 2.29. The van der Waals surface area contributed by atoms with Crippen LogP contribution in [0.4, 0.5) is 5.13 Å². The molecular weight excluding hydrogens is 556 g/mol. The summed E-state index contributed by atoms with van der Waals surface area (Å²) in [5.41, 5.74) is 1.13. The summed E-state index contributed by atoms with van der Waals surface area (Å²) in [7, 11) is 2.00. The van der Waals surface area contributed by atoms with Gasteiger partial charge in [0.15, 0.2) is 26.8 Å². The third-order valence-electron chi connectivity index (χ3n) is 6.03. The molecular formula is C27H34N4O7S2. The normalized spacial score (nSPS) is 16.0. The van der Waals surface area contributed by atoms with Gasteiger partial charge >= 0.3 is 0 Å². The molecule has 2 aromatic carbocycles. The first-order valence-electron chi connectivity index (χ1n) is 12.9. The molecule has 3 aromatic rings. The molecule has 0 aliphatic carbocycles. The maximum absolute atomic E-state index is 13.4. The second kappa shape index (κ2) is 14.0. The van der Waals surface area contributed by atoms with Crippen molar-refractivity contribution in [3.63, 3.8) is 0 Å². The Morgan fingerprint density at radius 3 is 2.70 bits per heavy atom. The Morgan fingerprint density at radius 1 is 1.20 bits per heavy atom. The Bertz CT molecular complexity index is 1420. The predicted molar refractivity (Wildman–Crippen MR) is 154 cm³/mol. The maximum Gasteiger partial charge on any atom is 0.280 e. The van der Waals surface area contributed by atoms with Gasteiger partial charge in [-0.2, -0.15) is 0 Å². The average Bonchev–Trinajstić information content (AvgIpc) is 3.58. The number of fused-ring (bicyclic) bond motifs is 1. The lowest BCUT2D eigenvalue weighted by atomic mass is 10.1. The fourth-order valence-corrected chi connectivity index (χ4v) is 6.00. The van der Waals surface area contributed by atoms with Crippen molar-refractivity contribution in [1.29, 1.82) is 0 Å². The summed E-state index contributed by atoms with van der Waals surface area (Å²) in [6.45, 7) is 2.64. The number of ether oxygens (including phenoxy) is 3. The number of thiazole rings is 1. The fourth-order valence-electron chi connectivity index (χ4n) is 3.83. The Morgan fingerprint density at radius 2 is 2.00 bits per heavy atom. The molecule has 1 aliphatic heterocycles. The molecule has 1 atom stereocenters. The Balaban J connectivity index is 1.52. The van der Waals surface area contributed by atoms with Gasteiger partial charge in [-0.15, -0.1) is 0 Å². The van der Waals surface area contributed by atoms with E-state index in [1.165, 1.54) is 30.6 Å². The van der Waals surface area contributed by atoms with Crippen LogP contribution in [-0.4, -0.2) is 96.0 Å². The van der Waals surface area contributed by atoms with E-state index in [2.05, 4.69) is 15.5 Å². The monoisotopic (exact) mass is 590 g/mol. The zero-order valence-corrected chi connectivity index (χ0v) is 24.4. The van der Waals surface area contributed by atoms with Crippen LogP contribution in [0, 0.1) is 0 Å². The molecule has 1 N–H and O–H groups in total. The number of carbonyl (C=O) groups is 1. The van der Waals surface area contributed by atoms with Crippen molar-refractivity contribution < 1.29 is 32.3 Å². The molecule has 216 valence electrons. The molecule has 13 heteroatoms. The number of aromatic nitrogens is 1. The number of hydrogen-bond donors (Lipinski definition) is 1. The zero-order valence-electron chi connectivity index (χ0n) is 22.8. The fraction of sp³-hybridized carbons (Fsp3) is 0.444. The minimum Gasteiger partial charge on any atom is -0.492 e. The zero-order chi connectivity index (χ0) is 28.5. The smallest absolute Gasteiger partial charge is 0.280 e. The molecule has 0 radical (unpaired) electrons. The van der Waals surface area contributed by atoms with Crippen molar-refractivity contribution in [1.82, 2.24) is 9.88 Å². The summed E-state index contributed by atoms with van der Waals surface area (Å²) in [5.74, 6) is 0.158. The molecule has 1 amide bonds. The van der Waals surface area contributed by atoms with Crippen molar-refractivity contribution >= 4 is 48.1 Å². The highest BCUT2D eigenvalue weighted by Gasteiger charge is 2.22. The minimum atomic E-state index is -3.49. The van der Waals surface area contributed by atoms with Crippen molar-refractivity contribution in [3.8, 4) is 5.75 Å². The van der Waals surface area contributed by atoms with Gasteiger partial charge in [0.2, 0.25) is 0 Å². The molecule has 0 spiro atoms. The second-order valence-corrected chi connectivity index (χ2v) is 12.6. The van der Waals surface area contributed by atoms with E-state index in [0.717, 1.165) is 22.5 Å². The van der Waals surface area contributed by atoms with Gasteiger partial charge in [-0.3, -0.25) is 10.1 Å². The number of nitrogens with zero attached hydrogens (tertiary/aromatic N) is 3. The minimum absolute atomic E-state index is 0.00203. The van der Waals surface area contributed by atoms with Crippen LogP contribution in [0.1, 0.15) is 18.4 Å². The largest absolute Gasteiger partial charge is 0.492 e. The number of sulfone groups is 1. The topological polar surface area (TPSA) is 129 Å². The van der Waals surface area contributed by atoms with Crippen LogP contribution in [0.2, 0.25) is 0 Å². The van der Waals surface area contributed by atoms with E-state index >= 15 is 0 Å². The number of oxime groups is 1. The van der Waals surface area contributed by atoms with Gasteiger partial charge in [-0.1, -0.05) is 28.6 Å². The van der Waals surface area contributed by atoms with Gasteiger partial charge in [0.25, 0.3) is 5.91 Å². The summed E-state index contributed by atoms with van der Waals surface area (Å²) in [4.78, 5) is 25.7. The van der Waals surface area contributed by atoms with Gasteiger partial charge < -0.3 is 23.9 Å². The van der Waals surface area contributed by atoms with E-state index in [1.54, 1.807) is 12.1 Å². The van der Waals surface area contributed by atoms with E-state index in [0.29, 0.717) is 50.0 Å². The summed E-state index contributed by atoms with van der Waals surface area (Å²) in [6, 6.07) is 11.6. The molecule has 1 aromatic heterocycles. The number of rotatable bonds is 14. The van der Waals surface area contributed by atoms with Crippen LogP contribution < -0.4 is 10.1 Å². The lowest BCUT2D eigenvalue weighted by Crippen LogP contribution is -2.25. The number of anilines is 1. The quantitative estimate of drug-likeness (QED) is 0.171. The van der Waals surface area contributed by atoms with Crippen molar-refractivity contribution in [2.24, 2.45) is 5.16 Å². The number of methoxy groups -OCH3 is 1. The van der Waals surface area contributed by atoms with E-state index in [9.17, 15) is 13.2 Å². The van der Waals surface area contributed by atoms with Crippen molar-refractivity contribution in [2.45, 2.75) is 23.8 Å². The highest BCUT2D eigenvalue weighted by molar-refractivity contribution is 7.91. The SMILES string of the molecule is COCCCS(=O)(=O)c1ccc(/C(=N\O[C@@H]2CCOC2)C(=O)Nc2nc3ccc(OCCN(C)C)cc3s2)cc1. The van der Waals surface area contributed by atoms with E-state index in [4.69, 9.17) is 19.0 Å². The van der Waals surface area contributed by atoms with Crippen molar-refractivity contribution in [3.05, 3.63) is 48.0 Å². The predicted octanol–water partition coefficient (Wildman–Crippen LogP) is 3.20. The summed E-state index contributed by atoms with van der Waals surface area (Å²) in [6.07, 6.45) is 0.781. The highest BCUT2D eigenvalue weighted by atomic mass is 32.2. The number of likely N-dealkylation sites (N-methyl/N-ethyl adjacent to an activating group) is 1. The third kappa shape index (κ3) is 8.21. The van der Waals surface area contributed by atoms with Gasteiger partial charge in [0.05, 0.1) is 34.1 Å². The number of amides is 1. The molecule has 2 heterocycles. The molecule has 1 aliphatic rings. The van der Waals surface area contributed by atoms with Crippen LogP contribution >= 0.6 is 11.3 Å². The Hall–Kier alpha value is -3.10.